The summed E-state index contributed by atoms with van der Waals surface area (Å²) in [5.41, 5.74) is 8.73. The fraction of sp³-hybridized carbons (Fsp3) is 0.381. The van der Waals surface area contributed by atoms with Gasteiger partial charge in [0, 0.05) is 38.9 Å². The molecule has 3 aliphatic heterocycles. The molecule has 3 N–H and O–H groups in total. The second-order valence-electron chi connectivity index (χ2n) is 22.4. The van der Waals surface area contributed by atoms with Gasteiger partial charge in [0.05, 0.1) is 44.6 Å². The summed E-state index contributed by atoms with van der Waals surface area (Å²) in [6.07, 6.45) is -0.540. The number of hydrogen-bond acceptors (Lipinski definition) is 18. The number of carbonyl (C=O) groups is 9. The molecule has 0 radical (unpaired) electrons. The number of nitrogens with one attached hydrogen (secondary N) is 2. The average molecular weight is 1170 g/mol. The number of aliphatic hydroxyl groups is 1. The van der Waals surface area contributed by atoms with E-state index in [4.69, 9.17) is 23.7 Å². The van der Waals surface area contributed by atoms with Crippen LogP contribution in [-0.2, 0) is 43.7 Å². The molecule has 0 saturated carbocycles. The lowest BCUT2D eigenvalue weighted by Crippen LogP contribution is -2.56. The Hall–Kier alpha value is -9.31. The molecule has 452 valence electrons. The third kappa shape index (κ3) is 14.2. The van der Waals surface area contributed by atoms with Gasteiger partial charge in [-0.2, -0.15) is 0 Å². The van der Waals surface area contributed by atoms with Crippen molar-refractivity contribution in [3.63, 3.8) is 0 Å². The van der Waals surface area contributed by atoms with Crippen LogP contribution >= 0.6 is 0 Å². The maximum atomic E-state index is 13.3. The molecule has 0 aromatic heterocycles. The summed E-state index contributed by atoms with van der Waals surface area (Å²) < 4.78 is 41.6. The van der Waals surface area contributed by atoms with Crippen molar-refractivity contribution in [1.82, 2.24) is 20.9 Å². The number of nitrogens with zero attached hydrogens (tertiary/aromatic N) is 2. The van der Waals surface area contributed by atoms with Gasteiger partial charge in [-0.25, -0.2) is 19.6 Å². The number of fused-ring (bicyclic) bond motifs is 3. The van der Waals surface area contributed by atoms with Crippen molar-refractivity contribution in [3.05, 3.63) is 152 Å². The zero-order valence-electron chi connectivity index (χ0n) is 50.3. The summed E-state index contributed by atoms with van der Waals surface area (Å²) in [7, 11) is 3.11. The number of cyclic esters (lactones) is 1. The quantitative estimate of drug-likeness (QED) is 0.0415. The van der Waals surface area contributed by atoms with Crippen molar-refractivity contribution in [2.24, 2.45) is 5.92 Å². The van der Waals surface area contributed by atoms with E-state index in [9.17, 15) is 48.3 Å². The minimum atomic E-state index is -2.29. The molecule has 22 heteroatoms. The number of methoxy groups -OCH3 is 3. The lowest BCUT2D eigenvalue weighted by molar-refractivity contribution is -0.187. The van der Waals surface area contributed by atoms with Crippen LogP contribution in [-0.4, -0.2) is 133 Å². The average Bonchev–Trinajstić information content (AvgIpc) is 1.68. The second kappa shape index (κ2) is 26.5. The van der Waals surface area contributed by atoms with Gasteiger partial charge in [-0.3, -0.25) is 44.4 Å². The van der Waals surface area contributed by atoms with E-state index in [0.29, 0.717) is 62.7 Å². The maximum absolute atomic E-state index is 13.3. The van der Waals surface area contributed by atoms with Gasteiger partial charge in [-0.1, -0.05) is 52.6 Å². The predicted molar refractivity (Wildman–Crippen MR) is 307 cm³/mol. The standard InChI is InChI=1S/C24H30N2O5.C24H28N2O5.C15H14O8/c2*1-14-9-15(2)11-17(10-14)23(29)26(24(4,5)6)25-22(28)19-7-8-20-21(16(19)3)31-18(12-27)13-30-20;1-20-12(17)10(13(18)21-2)15(14(19)22-3)9-7-5-4-6-8(9)11(16)23-15/h7-11,18,27H,12-13H2,1-6H3,(H,25,28);7-12,18H,13H2,1-6H3,(H,25,28);4-7,10H,1-3H3/t2*18-;15-/m000/s1. The predicted octanol–water partition coefficient (Wildman–Crippen LogP) is 7.05. The zero-order chi connectivity index (χ0) is 63.0. The van der Waals surface area contributed by atoms with Crippen LogP contribution in [0.1, 0.15) is 132 Å². The van der Waals surface area contributed by atoms with E-state index in [1.165, 1.54) is 28.2 Å². The lowest BCUT2D eigenvalue weighted by Gasteiger charge is -2.36. The van der Waals surface area contributed by atoms with E-state index in [-0.39, 0.29) is 42.8 Å². The summed E-state index contributed by atoms with van der Waals surface area (Å²) in [6, 6.07) is 23.7. The Morgan fingerprint density at radius 1 is 0.635 bits per heavy atom. The smallest absolute Gasteiger partial charge is 0.356 e. The van der Waals surface area contributed by atoms with Gasteiger partial charge >= 0.3 is 23.9 Å². The number of aryl methyl sites for hydroxylation is 4. The van der Waals surface area contributed by atoms with Gasteiger partial charge in [0.2, 0.25) is 5.92 Å². The minimum absolute atomic E-state index is 0.0395. The normalized spacial score (nSPS) is 16.3. The van der Waals surface area contributed by atoms with Crippen molar-refractivity contribution < 1.29 is 86.2 Å². The number of benzene rings is 5. The van der Waals surface area contributed by atoms with Crippen molar-refractivity contribution in [2.75, 3.05) is 41.2 Å². The molecule has 85 heavy (non-hydrogen) atoms. The van der Waals surface area contributed by atoms with Gasteiger partial charge in [-0.05, 0) is 138 Å². The van der Waals surface area contributed by atoms with Crippen molar-refractivity contribution in [2.45, 2.75) is 112 Å². The zero-order valence-corrected chi connectivity index (χ0v) is 50.3. The first-order valence-electron chi connectivity index (χ1n) is 26.9. The number of aldehydes is 1. The van der Waals surface area contributed by atoms with Crippen LogP contribution in [0.3, 0.4) is 0 Å². The fourth-order valence-electron chi connectivity index (χ4n) is 9.61. The summed E-state index contributed by atoms with van der Waals surface area (Å²) in [5, 5.41) is 12.1. The Kier molecular flexibility index (Phi) is 20.2. The first-order chi connectivity index (χ1) is 39.9. The van der Waals surface area contributed by atoms with Crippen molar-refractivity contribution in [1.29, 1.82) is 0 Å². The van der Waals surface area contributed by atoms with Gasteiger partial charge in [0.15, 0.2) is 41.5 Å². The topological polar surface area (TPSA) is 278 Å². The molecule has 0 bridgehead atoms. The summed E-state index contributed by atoms with van der Waals surface area (Å²) >= 11 is 0. The highest BCUT2D eigenvalue weighted by Gasteiger charge is 2.64. The van der Waals surface area contributed by atoms with Crippen LogP contribution in [0.2, 0.25) is 0 Å². The van der Waals surface area contributed by atoms with Crippen LogP contribution in [0.15, 0.2) is 84.9 Å². The summed E-state index contributed by atoms with van der Waals surface area (Å²) in [6.45, 7) is 22.5. The number of carbonyl (C=O) groups excluding carboxylic acids is 9. The van der Waals surface area contributed by atoms with Crippen LogP contribution in [0.4, 0.5) is 0 Å². The van der Waals surface area contributed by atoms with Gasteiger partial charge in [0.1, 0.15) is 13.2 Å². The molecule has 8 rings (SSSR count). The molecule has 3 atom stereocenters. The second-order valence-corrected chi connectivity index (χ2v) is 22.4. The highest BCUT2D eigenvalue weighted by atomic mass is 16.6. The maximum Gasteiger partial charge on any atom is 0.356 e. The van der Waals surface area contributed by atoms with E-state index in [2.05, 4.69) is 25.1 Å². The van der Waals surface area contributed by atoms with Crippen LogP contribution in [0, 0.1) is 47.5 Å². The Morgan fingerprint density at radius 2 is 1.07 bits per heavy atom. The lowest BCUT2D eigenvalue weighted by atomic mass is 9.80. The summed E-state index contributed by atoms with van der Waals surface area (Å²) in [5.74, 6) is -5.65. The van der Waals surface area contributed by atoms with Crippen LogP contribution < -0.4 is 29.8 Å². The molecule has 0 fully saturated rings. The number of aliphatic hydroxyl groups excluding tert-OH is 1. The molecule has 22 nitrogen and oxygen atoms in total. The number of esters is 4. The minimum Gasteiger partial charge on any atom is -0.486 e. The molecular formula is C63H72N4O18. The number of hydrazine groups is 2. The van der Waals surface area contributed by atoms with E-state index in [1.54, 1.807) is 56.3 Å². The monoisotopic (exact) mass is 1170 g/mol. The third-order valence-corrected chi connectivity index (χ3v) is 13.6. The SMILES string of the molecule is COC(=O)C(C(=O)OC)[C@@]1(C(=O)OC)OC(=O)c2ccccc21.Cc1cc(C)cc(C(=O)N(NC(=O)c2ccc3c(c2C)O[C@@H](C=O)CO3)C(C)(C)C)c1.Cc1cc(C)cc(C(=O)N(NC(=O)c2ccc3c(c2C)O[C@@H](CO)CO3)C(C)(C)C)c1. The Balaban J connectivity index is 0.000000207. The van der Waals surface area contributed by atoms with Gasteiger partial charge < -0.3 is 43.0 Å². The molecule has 5 aromatic rings. The molecule has 3 heterocycles. The van der Waals surface area contributed by atoms with E-state index in [0.717, 1.165) is 43.6 Å². The molecular weight excluding hydrogens is 1100 g/mol. The number of rotatable bonds is 10. The molecule has 0 aliphatic carbocycles. The number of amides is 4. The molecule has 0 spiro atoms. The van der Waals surface area contributed by atoms with E-state index >= 15 is 0 Å². The highest BCUT2D eigenvalue weighted by molar-refractivity contribution is 6.09. The van der Waals surface area contributed by atoms with E-state index < -0.39 is 70.5 Å². The van der Waals surface area contributed by atoms with Gasteiger partial charge in [0.25, 0.3) is 29.2 Å². The summed E-state index contributed by atoms with van der Waals surface area (Å²) in [4.78, 5) is 113. The van der Waals surface area contributed by atoms with Crippen LogP contribution in [0.25, 0.3) is 0 Å². The van der Waals surface area contributed by atoms with Gasteiger partial charge in [-0.15, -0.1) is 0 Å². The van der Waals surface area contributed by atoms with Crippen molar-refractivity contribution >= 4 is 53.8 Å². The number of hydrogen-bond donors (Lipinski definition) is 3. The molecule has 5 aromatic carbocycles. The third-order valence-electron chi connectivity index (χ3n) is 13.6. The molecule has 4 amide bonds. The molecule has 0 unspecified atom stereocenters. The first-order valence-corrected chi connectivity index (χ1v) is 26.9. The Labute approximate surface area is 492 Å². The Bertz CT molecular complexity index is 3380. The molecule has 3 aliphatic rings. The van der Waals surface area contributed by atoms with Crippen molar-refractivity contribution in [3.8, 4) is 23.0 Å². The van der Waals surface area contributed by atoms with Crippen LogP contribution in [0.5, 0.6) is 23.0 Å². The Morgan fingerprint density at radius 3 is 1.48 bits per heavy atom. The van der Waals surface area contributed by atoms with E-state index in [1.807, 2.05) is 93.5 Å². The molecule has 0 saturated heterocycles. The highest BCUT2D eigenvalue weighted by Crippen LogP contribution is 2.45. The first kappa shape index (κ1) is 64.9. The fourth-order valence-corrected chi connectivity index (χ4v) is 9.61. The number of ether oxygens (including phenoxy) is 8. The largest absolute Gasteiger partial charge is 0.486 e.